The van der Waals surface area contributed by atoms with Crippen molar-refractivity contribution < 1.29 is 9.72 Å². The summed E-state index contributed by atoms with van der Waals surface area (Å²) in [7, 11) is 0. The highest BCUT2D eigenvalue weighted by atomic mass is 35.6. The monoisotopic (exact) mass is 484 g/mol. The minimum absolute atomic E-state index is 0.0231. The molecule has 1 aromatic carbocycles. The van der Waals surface area contributed by atoms with E-state index in [2.05, 4.69) is 5.32 Å². The molecule has 31 heavy (non-hydrogen) atoms. The number of carbonyl (C=O) groups excluding carboxylic acids is 1. The normalized spacial score (nSPS) is 21.8. The van der Waals surface area contributed by atoms with Gasteiger partial charge >= 0.3 is 0 Å². The summed E-state index contributed by atoms with van der Waals surface area (Å²) >= 11 is 18.7. The van der Waals surface area contributed by atoms with Gasteiger partial charge in [-0.1, -0.05) is 40.9 Å². The van der Waals surface area contributed by atoms with Gasteiger partial charge in [0.25, 0.3) is 17.2 Å². The van der Waals surface area contributed by atoms with Crippen LogP contribution in [0.1, 0.15) is 28.4 Å². The van der Waals surface area contributed by atoms with Crippen LogP contribution in [0.15, 0.2) is 47.3 Å². The Morgan fingerprint density at radius 3 is 2.48 bits per heavy atom. The van der Waals surface area contributed by atoms with E-state index in [1.54, 1.807) is 16.7 Å². The van der Waals surface area contributed by atoms with Gasteiger partial charge in [-0.05, 0) is 30.5 Å². The highest BCUT2D eigenvalue weighted by Crippen LogP contribution is 2.40. The zero-order chi connectivity index (χ0) is 22.3. The van der Waals surface area contributed by atoms with Crippen molar-refractivity contribution in [2.75, 3.05) is 13.1 Å². The van der Waals surface area contributed by atoms with Crippen molar-refractivity contribution in [1.82, 2.24) is 14.8 Å². The molecule has 1 N–H and O–H groups in total. The van der Waals surface area contributed by atoms with E-state index >= 15 is 0 Å². The Hall–Kier alpha value is -2.13. The summed E-state index contributed by atoms with van der Waals surface area (Å²) < 4.78 is -0.00555. The maximum atomic E-state index is 12.8. The fourth-order valence-electron chi connectivity index (χ4n) is 4.47. The molecular weight excluding hydrogens is 467 g/mol. The number of alkyl halides is 3. The first-order valence-corrected chi connectivity index (χ1v) is 10.8. The number of non-ortho nitro benzene ring substituents is 1. The number of nitrogens with one attached hydrogen (secondary N) is 1. The van der Waals surface area contributed by atoms with E-state index in [1.807, 2.05) is 11.0 Å². The molecule has 2 aliphatic rings. The van der Waals surface area contributed by atoms with Crippen LogP contribution in [0.5, 0.6) is 0 Å². The molecule has 1 fully saturated rings. The Bertz CT molecular complexity index is 1070. The van der Waals surface area contributed by atoms with E-state index in [9.17, 15) is 19.7 Å². The third kappa shape index (κ3) is 4.57. The Labute approximate surface area is 192 Å². The lowest BCUT2D eigenvalue weighted by atomic mass is 9.83. The highest BCUT2D eigenvalue weighted by Gasteiger charge is 2.44. The van der Waals surface area contributed by atoms with E-state index in [1.165, 1.54) is 24.3 Å². The molecule has 4 rings (SSSR count). The van der Waals surface area contributed by atoms with Gasteiger partial charge in [0, 0.05) is 55.0 Å². The van der Waals surface area contributed by atoms with Crippen molar-refractivity contribution in [3.8, 4) is 0 Å². The maximum absolute atomic E-state index is 12.8. The van der Waals surface area contributed by atoms with E-state index in [-0.39, 0.29) is 28.6 Å². The van der Waals surface area contributed by atoms with Crippen LogP contribution in [0.2, 0.25) is 0 Å². The van der Waals surface area contributed by atoms with Gasteiger partial charge in [-0.2, -0.15) is 0 Å². The van der Waals surface area contributed by atoms with Gasteiger partial charge in [0.15, 0.2) is 0 Å². The van der Waals surface area contributed by atoms with Crippen LogP contribution in [-0.4, -0.2) is 43.3 Å². The molecule has 0 saturated carbocycles. The van der Waals surface area contributed by atoms with Crippen LogP contribution in [0.4, 0.5) is 5.69 Å². The number of likely N-dealkylation sites (tertiary alicyclic amines) is 1. The predicted octanol–water partition coefficient (Wildman–Crippen LogP) is 3.30. The first kappa shape index (κ1) is 22.1. The van der Waals surface area contributed by atoms with Crippen molar-refractivity contribution in [1.29, 1.82) is 0 Å². The molecule has 164 valence electrons. The van der Waals surface area contributed by atoms with E-state index in [0.717, 1.165) is 12.1 Å². The number of hydrogen-bond donors (Lipinski definition) is 1. The quantitative estimate of drug-likeness (QED) is 0.407. The first-order chi connectivity index (χ1) is 14.6. The standard InChI is InChI=1S/C20H19Cl3N4O4/c21-20(22,23)19(24-18(29)13-4-6-15(7-5-13)27(30)31)25-9-12-8-14(11-25)16-2-1-3-17(28)26(16)10-12/h1-7,12,14,19H,8-11H2,(H,24,29)/t12-,14?,19?/m0/s1. The average molecular weight is 486 g/mol. The van der Waals surface area contributed by atoms with Gasteiger partial charge in [-0.15, -0.1) is 0 Å². The Morgan fingerprint density at radius 1 is 1.13 bits per heavy atom. The number of halogens is 3. The van der Waals surface area contributed by atoms with Gasteiger partial charge < -0.3 is 9.88 Å². The number of benzene rings is 1. The van der Waals surface area contributed by atoms with Gasteiger partial charge in [-0.25, -0.2) is 0 Å². The number of aromatic nitrogens is 1. The molecule has 0 spiro atoms. The van der Waals surface area contributed by atoms with Crippen molar-refractivity contribution in [2.24, 2.45) is 5.92 Å². The largest absolute Gasteiger partial charge is 0.332 e. The third-order valence-electron chi connectivity index (χ3n) is 5.79. The Morgan fingerprint density at radius 2 is 1.84 bits per heavy atom. The average Bonchev–Trinajstić information content (AvgIpc) is 2.71. The van der Waals surface area contributed by atoms with Crippen LogP contribution in [0.3, 0.4) is 0 Å². The van der Waals surface area contributed by atoms with E-state index in [0.29, 0.717) is 19.6 Å². The molecule has 3 atom stereocenters. The van der Waals surface area contributed by atoms with Crippen molar-refractivity contribution >= 4 is 46.4 Å². The van der Waals surface area contributed by atoms with Crippen LogP contribution >= 0.6 is 34.8 Å². The summed E-state index contributed by atoms with van der Waals surface area (Å²) in [5.41, 5.74) is 1.02. The molecule has 1 saturated heterocycles. The number of carbonyl (C=O) groups is 1. The second kappa shape index (κ2) is 8.43. The fraction of sp³-hybridized carbons (Fsp3) is 0.400. The van der Waals surface area contributed by atoms with Gasteiger partial charge in [0.1, 0.15) is 6.17 Å². The van der Waals surface area contributed by atoms with E-state index in [4.69, 9.17) is 34.8 Å². The summed E-state index contributed by atoms with van der Waals surface area (Å²) in [6, 6.07) is 10.4. The zero-order valence-corrected chi connectivity index (χ0v) is 18.5. The topological polar surface area (TPSA) is 97.5 Å². The fourth-order valence-corrected chi connectivity index (χ4v) is 5.04. The lowest BCUT2D eigenvalue weighted by molar-refractivity contribution is -0.384. The van der Waals surface area contributed by atoms with Crippen LogP contribution in [0.25, 0.3) is 0 Å². The molecule has 2 aromatic rings. The summed E-state index contributed by atoms with van der Waals surface area (Å²) in [5.74, 6) is -0.247. The predicted molar refractivity (Wildman–Crippen MR) is 118 cm³/mol. The summed E-state index contributed by atoms with van der Waals surface area (Å²) in [5, 5.41) is 13.6. The molecule has 3 heterocycles. The lowest BCUT2D eigenvalue weighted by Gasteiger charge is -2.47. The number of hydrogen-bond acceptors (Lipinski definition) is 5. The van der Waals surface area contributed by atoms with Gasteiger partial charge in [0.05, 0.1) is 4.92 Å². The Kier molecular flexibility index (Phi) is 6.00. The molecule has 2 bridgehead atoms. The first-order valence-electron chi connectivity index (χ1n) is 9.69. The van der Waals surface area contributed by atoms with Crippen LogP contribution < -0.4 is 10.9 Å². The number of nitro benzene ring substituents is 1. The maximum Gasteiger partial charge on any atom is 0.269 e. The number of nitrogens with zero attached hydrogens (tertiary/aromatic N) is 3. The molecule has 0 aliphatic carbocycles. The second-order valence-corrected chi connectivity index (χ2v) is 10.2. The molecule has 1 aromatic heterocycles. The zero-order valence-electron chi connectivity index (χ0n) is 16.2. The minimum atomic E-state index is -1.81. The number of nitro groups is 1. The summed E-state index contributed by atoms with van der Waals surface area (Å²) in [6.45, 7) is 1.64. The van der Waals surface area contributed by atoms with E-state index < -0.39 is 20.8 Å². The highest BCUT2D eigenvalue weighted by molar-refractivity contribution is 6.68. The number of fused-ring (bicyclic) bond motifs is 4. The molecule has 8 nitrogen and oxygen atoms in total. The van der Waals surface area contributed by atoms with Crippen molar-refractivity contribution in [3.63, 3.8) is 0 Å². The molecule has 2 unspecified atom stereocenters. The van der Waals surface area contributed by atoms with Gasteiger partial charge in [-0.3, -0.25) is 24.6 Å². The third-order valence-corrected chi connectivity index (χ3v) is 6.41. The number of rotatable bonds is 4. The number of pyridine rings is 1. The van der Waals surface area contributed by atoms with Crippen LogP contribution in [0, 0.1) is 16.0 Å². The van der Waals surface area contributed by atoms with Gasteiger partial charge in [0.2, 0.25) is 3.79 Å². The molecule has 1 amide bonds. The smallest absolute Gasteiger partial charge is 0.269 e. The van der Waals surface area contributed by atoms with Crippen molar-refractivity contribution in [2.45, 2.75) is 28.8 Å². The molecule has 11 heteroatoms. The molecule has 2 aliphatic heterocycles. The minimum Gasteiger partial charge on any atom is -0.332 e. The summed E-state index contributed by atoms with van der Waals surface area (Å²) in [4.78, 5) is 37.2. The summed E-state index contributed by atoms with van der Waals surface area (Å²) in [6.07, 6.45) is 0.00973. The Balaban J connectivity index is 1.56. The number of piperidine rings is 1. The van der Waals surface area contributed by atoms with Crippen LogP contribution in [-0.2, 0) is 6.54 Å². The lowest BCUT2D eigenvalue weighted by Crippen LogP contribution is -2.60. The van der Waals surface area contributed by atoms with Crippen molar-refractivity contribution in [3.05, 3.63) is 74.2 Å². The number of amides is 1. The molecular formula is C20H19Cl3N4O4. The SMILES string of the molecule is O=C(NC(N1CC2C[C@@H](C1)Cn1c2cccc1=O)C(Cl)(Cl)Cl)c1ccc([N+](=O)[O-])cc1. The molecule has 0 radical (unpaired) electrons. The second-order valence-electron chi connectivity index (χ2n) is 7.87.